The van der Waals surface area contributed by atoms with E-state index in [1.54, 1.807) is 24.4 Å². The Balaban J connectivity index is 1.73. The summed E-state index contributed by atoms with van der Waals surface area (Å²) in [5.74, 6) is -0.639. The maximum Gasteiger partial charge on any atom is 0.256 e. The summed E-state index contributed by atoms with van der Waals surface area (Å²) in [6.07, 6.45) is 3.93. The Labute approximate surface area is 126 Å². The number of anilines is 1. The van der Waals surface area contributed by atoms with Crippen LogP contribution in [0.25, 0.3) is 0 Å². The second-order valence-corrected chi connectivity index (χ2v) is 4.85. The van der Waals surface area contributed by atoms with E-state index in [-0.39, 0.29) is 18.0 Å². The van der Waals surface area contributed by atoms with E-state index in [0.29, 0.717) is 18.9 Å². The van der Waals surface area contributed by atoms with Gasteiger partial charge in [-0.25, -0.2) is 9.37 Å². The molecular formula is C15H13FN4O2. The van der Waals surface area contributed by atoms with Gasteiger partial charge in [-0.15, -0.1) is 0 Å². The van der Waals surface area contributed by atoms with Crippen LogP contribution >= 0.6 is 0 Å². The summed E-state index contributed by atoms with van der Waals surface area (Å²) < 4.78 is 13.1. The first kappa shape index (κ1) is 14.1. The first-order valence-corrected chi connectivity index (χ1v) is 6.76. The standard InChI is InChI=1S/C15H13FN4O2/c16-12-7-11(8-17-9-12)15(22)19-5-6-20(14(21)10-19)13-3-1-2-4-18-13/h1-4,7-9H,5-6,10H2. The summed E-state index contributed by atoms with van der Waals surface area (Å²) in [7, 11) is 0. The normalized spacial score (nSPS) is 15.0. The van der Waals surface area contributed by atoms with E-state index in [0.717, 1.165) is 12.3 Å². The molecule has 1 aliphatic heterocycles. The second-order valence-electron chi connectivity index (χ2n) is 4.85. The third-order valence-electron chi connectivity index (χ3n) is 3.39. The molecule has 2 aromatic heterocycles. The molecule has 112 valence electrons. The van der Waals surface area contributed by atoms with E-state index < -0.39 is 11.7 Å². The van der Waals surface area contributed by atoms with Crippen LogP contribution in [0.4, 0.5) is 10.2 Å². The van der Waals surface area contributed by atoms with Gasteiger partial charge in [0.2, 0.25) is 5.91 Å². The topological polar surface area (TPSA) is 66.4 Å². The summed E-state index contributed by atoms with van der Waals surface area (Å²) in [4.78, 5) is 35.2. The Kier molecular flexibility index (Phi) is 3.78. The van der Waals surface area contributed by atoms with Gasteiger partial charge in [0.1, 0.15) is 18.2 Å². The van der Waals surface area contributed by atoms with Crippen LogP contribution in [0, 0.1) is 5.82 Å². The molecule has 0 saturated carbocycles. The molecule has 0 radical (unpaired) electrons. The maximum absolute atomic E-state index is 13.1. The van der Waals surface area contributed by atoms with Crippen molar-refractivity contribution in [1.82, 2.24) is 14.9 Å². The van der Waals surface area contributed by atoms with E-state index in [9.17, 15) is 14.0 Å². The fraction of sp³-hybridized carbons (Fsp3) is 0.200. The van der Waals surface area contributed by atoms with Crippen LogP contribution in [0.15, 0.2) is 42.9 Å². The quantitative estimate of drug-likeness (QED) is 0.833. The van der Waals surface area contributed by atoms with Crippen molar-refractivity contribution in [2.24, 2.45) is 0 Å². The number of hydrogen-bond acceptors (Lipinski definition) is 4. The molecule has 2 amide bonds. The highest BCUT2D eigenvalue weighted by Crippen LogP contribution is 2.15. The van der Waals surface area contributed by atoms with Gasteiger partial charge < -0.3 is 4.90 Å². The van der Waals surface area contributed by atoms with Gasteiger partial charge in [-0.2, -0.15) is 0 Å². The van der Waals surface area contributed by atoms with Gasteiger partial charge in [0.25, 0.3) is 5.91 Å². The van der Waals surface area contributed by atoms with E-state index in [1.807, 2.05) is 0 Å². The molecule has 0 unspecified atom stereocenters. The zero-order valence-electron chi connectivity index (χ0n) is 11.6. The average Bonchev–Trinajstić information content (AvgIpc) is 2.55. The fourth-order valence-corrected chi connectivity index (χ4v) is 2.31. The smallest absolute Gasteiger partial charge is 0.256 e. The molecule has 0 N–H and O–H groups in total. The molecule has 0 aliphatic carbocycles. The number of halogens is 1. The molecule has 0 spiro atoms. The summed E-state index contributed by atoms with van der Waals surface area (Å²) in [6.45, 7) is 0.647. The monoisotopic (exact) mass is 300 g/mol. The lowest BCUT2D eigenvalue weighted by Crippen LogP contribution is -2.52. The number of hydrogen-bond donors (Lipinski definition) is 0. The summed E-state index contributed by atoms with van der Waals surface area (Å²) in [5.41, 5.74) is 0.138. The predicted molar refractivity (Wildman–Crippen MR) is 76.7 cm³/mol. The highest BCUT2D eigenvalue weighted by atomic mass is 19.1. The van der Waals surface area contributed by atoms with Crippen LogP contribution in [0.2, 0.25) is 0 Å². The lowest BCUT2D eigenvalue weighted by atomic mass is 10.2. The van der Waals surface area contributed by atoms with E-state index >= 15 is 0 Å². The van der Waals surface area contributed by atoms with Gasteiger partial charge in [-0.3, -0.25) is 19.5 Å². The van der Waals surface area contributed by atoms with Crippen LogP contribution < -0.4 is 4.90 Å². The number of amides is 2. The summed E-state index contributed by atoms with van der Waals surface area (Å²) in [6, 6.07) is 6.42. The summed E-state index contributed by atoms with van der Waals surface area (Å²) in [5, 5.41) is 0. The van der Waals surface area contributed by atoms with Crippen molar-refractivity contribution in [2.45, 2.75) is 0 Å². The van der Waals surface area contributed by atoms with E-state index in [1.165, 1.54) is 16.0 Å². The zero-order chi connectivity index (χ0) is 15.5. The lowest BCUT2D eigenvalue weighted by molar-refractivity contribution is -0.120. The van der Waals surface area contributed by atoms with Crippen molar-refractivity contribution in [2.75, 3.05) is 24.5 Å². The Hall–Kier alpha value is -2.83. The van der Waals surface area contributed by atoms with Crippen molar-refractivity contribution in [3.8, 4) is 0 Å². The molecule has 7 heteroatoms. The molecule has 3 heterocycles. The van der Waals surface area contributed by atoms with Crippen molar-refractivity contribution >= 4 is 17.6 Å². The lowest BCUT2D eigenvalue weighted by Gasteiger charge is -2.33. The molecule has 2 aromatic rings. The molecule has 22 heavy (non-hydrogen) atoms. The van der Waals surface area contributed by atoms with Gasteiger partial charge >= 0.3 is 0 Å². The average molecular weight is 300 g/mol. The van der Waals surface area contributed by atoms with Crippen molar-refractivity contribution in [3.63, 3.8) is 0 Å². The minimum atomic E-state index is -0.579. The number of aromatic nitrogens is 2. The number of piperazine rings is 1. The third kappa shape index (κ3) is 2.78. The molecule has 0 bridgehead atoms. The number of carbonyl (C=O) groups excluding carboxylic acids is 2. The van der Waals surface area contributed by atoms with Crippen LogP contribution in [0.5, 0.6) is 0 Å². The zero-order valence-corrected chi connectivity index (χ0v) is 11.6. The minimum absolute atomic E-state index is 0.0636. The van der Waals surface area contributed by atoms with Gasteiger partial charge in [0, 0.05) is 25.5 Å². The molecule has 0 aromatic carbocycles. The van der Waals surface area contributed by atoms with Gasteiger partial charge in [0.05, 0.1) is 11.8 Å². The minimum Gasteiger partial charge on any atom is -0.327 e. The Morgan fingerprint density at radius 2 is 2.09 bits per heavy atom. The number of rotatable bonds is 2. The van der Waals surface area contributed by atoms with Crippen molar-refractivity contribution in [3.05, 3.63) is 54.2 Å². The molecule has 1 fully saturated rings. The Bertz CT molecular complexity index is 708. The number of carbonyl (C=O) groups is 2. The maximum atomic E-state index is 13.1. The first-order valence-electron chi connectivity index (χ1n) is 6.76. The van der Waals surface area contributed by atoms with Gasteiger partial charge in [-0.1, -0.05) is 6.07 Å². The molecule has 1 aliphatic rings. The molecule has 3 rings (SSSR count). The van der Waals surface area contributed by atoms with E-state index in [2.05, 4.69) is 9.97 Å². The number of nitrogens with zero attached hydrogens (tertiary/aromatic N) is 4. The predicted octanol–water partition coefficient (Wildman–Crippen LogP) is 1.10. The fourth-order valence-electron chi connectivity index (χ4n) is 2.31. The van der Waals surface area contributed by atoms with Gasteiger partial charge in [0.15, 0.2) is 0 Å². The van der Waals surface area contributed by atoms with Crippen LogP contribution in [0.1, 0.15) is 10.4 Å². The molecular weight excluding hydrogens is 287 g/mol. The highest BCUT2D eigenvalue weighted by molar-refractivity contribution is 6.01. The Morgan fingerprint density at radius 3 is 2.77 bits per heavy atom. The SMILES string of the molecule is O=C(c1cncc(F)c1)N1CCN(c2ccccn2)C(=O)C1. The van der Waals surface area contributed by atoms with E-state index in [4.69, 9.17) is 0 Å². The molecule has 6 nitrogen and oxygen atoms in total. The molecule has 0 atom stereocenters. The van der Waals surface area contributed by atoms with Crippen molar-refractivity contribution in [1.29, 1.82) is 0 Å². The number of pyridine rings is 2. The second kappa shape index (κ2) is 5.88. The molecule has 1 saturated heterocycles. The van der Waals surface area contributed by atoms with Crippen LogP contribution in [-0.2, 0) is 4.79 Å². The van der Waals surface area contributed by atoms with Crippen LogP contribution in [-0.4, -0.2) is 46.3 Å². The highest BCUT2D eigenvalue weighted by Gasteiger charge is 2.29. The van der Waals surface area contributed by atoms with Gasteiger partial charge in [-0.05, 0) is 18.2 Å². The first-order chi connectivity index (χ1) is 10.6. The van der Waals surface area contributed by atoms with Crippen LogP contribution in [0.3, 0.4) is 0 Å². The third-order valence-corrected chi connectivity index (χ3v) is 3.39. The Morgan fingerprint density at radius 1 is 1.23 bits per heavy atom. The van der Waals surface area contributed by atoms with Crippen molar-refractivity contribution < 1.29 is 14.0 Å². The largest absolute Gasteiger partial charge is 0.327 e. The summed E-state index contributed by atoms with van der Waals surface area (Å²) >= 11 is 0.